The molecule has 1 saturated carbocycles. The lowest BCUT2D eigenvalue weighted by Crippen LogP contribution is -2.44. The van der Waals surface area contributed by atoms with E-state index in [4.69, 9.17) is 0 Å². The average Bonchev–Trinajstić information content (AvgIpc) is 3.07. The van der Waals surface area contributed by atoms with E-state index in [1.165, 1.54) is 6.42 Å². The van der Waals surface area contributed by atoms with Crippen molar-refractivity contribution in [3.05, 3.63) is 59.4 Å². The summed E-state index contributed by atoms with van der Waals surface area (Å²) in [5, 5.41) is 3.18. The fraction of sp³-hybridized carbons (Fsp3) is 0.455. The molecule has 0 radical (unpaired) electrons. The van der Waals surface area contributed by atoms with Crippen molar-refractivity contribution < 1.29 is 9.59 Å². The van der Waals surface area contributed by atoms with Crippen LogP contribution in [0.2, 0.25) is 0 Å². The molecule has 1 amide bonds. The molecule has 1 heterocycles. The van der Waals surface area contributed by atoms with Crippen LogP contribution in [-0.4, -0.2) is 22.3 Å². The quantitative estimate of drug-likeness (QED) is 0.828. The molecule has 26 heavy (non-hydrogen) atoms. The second-order valence-corrected chi connectivity index (χ2v) is 7.61. The lowest BCUT2D eigenvalue weighted by atomic mass is 9.78. The van der Waals surface area contributed by atoms with Gasteiger partial charge in [0.25, 0.3) is 0 Å². The minimum atomic E-state index is -0.0412. The van der Waals surface area contributed by atoms with Gasteiger partial charge in [0.2, 0.25) is 11.7 Å². The second kappa shape index (κ2) is 7.90. The number of nitrogens with one attached hydrogen (secondary N) is 1. The van der Waals surface area contributed by atoms with Crippen molar-refractivity contribution in [3.8, 4) is 0 Å². The fourth-order valence-electron chi connectivity index (χ4n) is 3.92. The molecule has 1 aromatic carbocycles. The van der Waals surface area contributed by atoms with Crippen LogP contribution in [0.1, 0.15) is 54.7 Å². The molecule has 0 bridgehead atoms. The van der Waals surface area contributed by atoms with Gasteiger partial charge in [0.05, 0.1) is 5.69 Å². The molecule has 3 atom stereocenters. The Morgan fingerprint density at radius 1 is 1.12 bits per heavy atom. The van der Waals surface area contributed by atoms with Crippen molar-refractivity contribution in [1.29, 1.82) is 0 Å². The molecule has 4 nitrogen and oxygen atoms in total. The van der Waals surface area contributed by atoms with Crippen LogP contribution >= 0.6 is 0 Å². The van der Waals surface area contributed by atoms with E-state index in [0.29, 0.717) is 23.1 Å². The van der Waals surface area contributed by atoms with E-state index in [2.05, 4.69) is 19.2 Å². The number of amides is 1. The summed E-state index contributed by atoms with van der Waals surface area (Å²) in [4.78, 5) is 25.4. The Balaban J connectivity index is 1.70. The summed E-state index contributed by atoms with van der Waals surface area (Å²) in [6.45, 7) is 6.59. The van der Waals surface area contributed by atoms with Crippen LogP contribution in [-0.2, 0) is 11.3 Å². The van der Waals surface area contributed by atoms with Gasteiger partial charge in [-0.25, -0.2) is 0 Å². The third kappa shape index (κ3) is 3.90. The molecular weight excluding hydrogens is 324 g/mol. The third-order valence-electron chi connectivity index (χ3n) is 5.82. The standard InChI is InChI=1S/C22H28N2O2/c1-15-9-6-11-19(17(15)3)23-21(25)14-24-13-7-12-20(24)22(26)18-10-5-4-8-16(18)2/h4-5,7-8,10,12-13,15,17,19H,6,9,11,14H2,1-3H3,(H,23,25)/t15-,17-,19-/m1/s1. The van der Waals surface area contributed by atoms with Gasteiger partial charge in [-0.05, 0) is 42.9 Å². The number of hydrogen-bond donors (Lipinski definition) is 1. The topological polar surface area (TPSA) is 51.1 Å². The summed E-state index contributed by atoms with van der Waals surface area (Å²) in [6, 6.07) is 11.4. The molecule has 4 heteroatoms. The minimum Gasteiger partial charge on any atom is -0.352 e. The summed E-state index contributed by atoms with van der Waals surface area (Å²) < 4.78 is 1.75. The zero-order valence-corrected chi connectivity index (χ0v) is 15.9. The van der Waals surface area contributed by atoms with Crippen molar-refractivity contribution in [3.63, 3.8) is 0 Å². The highest BCUT2D eigenvalue weighted by Crippen LogP contribution is 2.29. The lowest BCUT2D eigenvalue weighted by molar-refractivity contribution is -0.123. The summed E-state index contributed by atoms with van der Waals surface area (Å²) in [6.07, 6.45) is 5.24. The average molecular weight is 352 g/mol. The predicted molar refractivity (Wildman–Crippen MR) is 103 cm³/mol. The van der Waals surface area contributed by atoms with Crippen LogP contribution in [0.25, 0.3) is 0 Å². The van der Waals surface area contributed by atoms with Gasteiger partial charge in [0.15, 0.2) is 0 Å². The van der Waals surface area contributed by atoms with Crippen LogP contribution in [0.15, 0.2) is 42.6 Å². The number of carbonyl (C=O) groups is 2. The maximum Gasteiger partial charge on any atom is 0.240 e. The highest BCUT2D eigenvalue weighted by atomic mass is 16.2. The molecule has 0 aliphatic heterocycles. The Labute approximate surface area is 155 Å². The van der Waals surface area contributed by atoms with Crippen molar-refractivity contribution in [2.75, 3.05) is 0 Å². The van der Waals surface area contributed by atoms with E-state index in [9.17, 15) is 9.59 Å². The molecule has 2 aromatic rings. The Morgan fingerprint density at radius 2 is 1.88 bits per heavy atom. The maximum atomic E-state index is 12.9. The Morgan fingerprint density at radius 3 is 2.65 bits per heavy atom. The highest BCUT2D eigenvalue weighted by Gasteiger charge is 2.28. The maximum absolute atomic E-state index is 12.9. The number of rotatable bonds is 5. The first kappa shape index (κ1) is 18.4. The molecule has 1 aliphatic rings. The fourth-order valence-corrected chi connectivity index (χ4v) is 3.92. The molecule has 138 valence electrons. The van der Waals surface area contributed by atoms with Gasteiger partial charge in [-0.2, -0.15) is 0 Å². The zero-order chi connectivity index (χ0) is 18.7. The molecule has 3 rings (SSSR count). The SMILES string of the molecule is Cc1ccccc1C(=O)c1cccn1CC(=O)N[C@@H]1CCC[C@@H](C)[C@H]1C. The monoisotopic (exact) mass is 352 g/mol. The van der Waals surface area contributed by atoms with Gasteiger partial charge in [-0.1, -0.05) is 51.0 Å². The van der Waals surface area contributed by atoms with Gasteiger partial charge in [0.1, 0.15) is 6.54 Å². The number of benzene rings is 1. The van der Waals surface area contributed by atoms with Crippen molar-refractivity contribution in [1.82, 2.24) is 9.88 Å². The van der Waals surface area contributed by atoms with E-state index in [1.807, 2.05) is 37.3 Å². The first-order valence-electron chi connectivity index (χ1n) is 9.52. The van der Waals surface area contributed by atoms with E-state index < -0.39 is 0 Å². The summed E-state index contributed by atoms with van der Waals surface area (Å²) in [5.74, 6) is 1.07. The molecule has 1 aromatic heterocycles. The smallest absolute Gasteiger partial charge is 0.240 e. The summed E-state index contributed by atoms with van der Waals surface area (Å²) in [7, 11) is 0. The van der Waals surface area contributed by atoms with Crippen molar-refractivity contribution in [2.45, 2.75) is 52.6 Å². The first-order chi connectivity index (χ1) is 12.5. The van der Waals surface area contributed by atoms with Gasteiger partial charge in [-0.15, -0.1) is 0 Å². The van der Waals surface area contributed by atoms with E-state index >= 15 is 0 Å². The van der Waals surface area contributed by atoms with Crippen LogP contribution in [0.3, 0.4) is 0 Å². The molecule has 0 unspecified atom stereocenters. The number of ketones is 1. The Hall–Kier alpha value is -2.36. The van der Waals surface area contributed by atoms with Crippen molar-refractivity contribution in [2.24, 2.45) is 11.8 Å². The lowest BCUT2D eigenvalue weighted by Gasteiger charge is -2.34. The highest BCUT2D eigenvalue weighted by molar-refractivity contribution is 6.09. The zero-order valence-electron chi connectivity index (χ0n) is 15.9. The number of nitrogens with zero attached hydrogens (tertiary/aromatic N) is 1. The molecule has 1 fully saturated rings. The molecule has 1 N–H and O–H groups in total. The largest absolute Gasteiger partial charge is 0.352 e. The molecule has 1 aliphatic carbocycles. The number of carbonyl (C=O) groups excluding carboxylic acids is 2. The molecule has 0 saturated heterocycles. The number of hydrogen-bond acceptors (Lipinski definition) is 2. The predicted octanol–water partition coefficient (Wildman–Crippen LogP) is 3.97. The summed E-state index contributed by atoms with van der Waals surface area (Å²) >= 11 is 0. The Bertz CT molecular complexity index is 793. The summed E-state index contributed by atoms with van der Waals surface area (Å²) in [5.41, 5.74) is 2.18. The van der Waals surface area contributed by atoms with Gasteiger partial charge in [0, 0.05) is 17.8 Å². The van der Waals surface area contributed by atoms with E-state index in [-0.39, 0.29) is 24.3 Å². The van der Waals surface area contributed by atoms with Gasteiger partial charge < -0.3 is 9.88 Å². The third-order valence-corrected chi connectivity index (χ3v) is 5.82. The van der Waals surface area contributed by atoms with Crippen molar-refractivity contribution >= 4 is 11.7 Å². The van der Waals surface area contributed by atoms with Gasteiger partial charge in [-0.3, -0.25) is 9.59 Å². The normalized spacial score (nSPS) is 22.8. The van der Waals surface area contributed by atoms with Crippen LogP contribution in [0.4, 0.5) is 0 Å². The molecular formula is C22H28N2O2. The van der Waals surface area contributed by atoms with Crippen LogP contribution < -0.4 is 5.32 Å². The number of aryl methyl sites for hydroxylation is 1. The minimum absolute atomic E-state index is 0.0222. The van der Waals surface area contributed by atoms with E-state index in [0.717, 1.165) is 18.4 Å². The molecule has 0 spiro atoms. The Kier molecular flexibility index (Phi) is 5.60. The van der Waals surface area contributed by atoms with E-state index in [1.54, 1.807) is 16.8 Å². The number of aromatic nitrogens is 1. The van der Waals surface area contributed by atoms with Gasteiger partial charge >= 0.3 is 0 Å². The van der Waals surface area contributed by atoms with Crippen LogP contribution in [0, 0.1) is 18.8 Å². The van der Waals surface area contributed by atoms with Crippen LogP contribution in [0.5, 0.6) is 0 Å². The first-order valence-corrected chi connectivity index (χ1v) is 9.52. The second-order valence-electron chi connectivity index (χ2n) is 7.61.